The van der Waals surface area contributed by atoms with Crippen molar-refractivity contribution in [2.75, 3.05) is 0 Å². The van der Waals surface area contributed by atoms with E-state index >= 15 is 0 Å². The molecule has 0 aliphatic rings. The van der Waals surface area contributed by atoms with E-state index in [1.54, 1.807) is 28.9 Å². The lowest BCUT2D eigenvalue weighted by Gasteiger charge is -2.03. The van der Waals surface area contributed by atoms with Gasteiger partial charge >= 0.3 is 0 Å². The Morgan fingerprint density at radius 1 is 1.21 bits per heavy atom. The minimum absolute atomic E-state index is 0.148. The second kappa shape index (κ2) is 7.63. The third kappa shape index (κ3) is 4.46. The monoisotopic (exact) mass is 402 g/mol. The topological polar surface area (TPSA) is 59.8 Å². The van der Waals surface area contributed by atoms with Crippen molar-refractivity contribution in [3.05, 3.63) is 76.0 Å². The smallest absolute Gasteiger partial charge is 0.251 e. The minimum Gasteiger partial charge on any atom is -0.346 e. The van der Waals surface area contributed by atoms with Crippen molar-refractivity contribution >= 4 is 34.5 Å². The Bertz CT molecular complexity index is 848. The molecule has 0 radical (unpaired) electrons. The van der Waals surface area contributed by atoms with Gasteiger partial charge in [-0.25, -0.2) is 4.68 Å². The van der Waals surface area contributed by atoms with Gasteiger partial charge in [0.15, 0.2) is 0 Å². The van der Waals surface area contributed by atoms with Gasteiger partial charge in [-0.3, -0.25) is 4.79 Å². The van der Waals surface area contributed by atoms with Crippen molar-refractivity contribution in [3.63, 3.8) is 0 Å². The van der Waals surface area contributed by atoms with Crippen LogP contribution in [0.5, 0.6) is 0 Å². The molecule has 3 aromatic rings. The molecule has 0 saturated heterocycles. The summed E-state index contributed by atoms with van der Waals surface area (Å²) >= 11 is 7.65. The van der Waals surface area contributed by atoms with E-state index in [1.165, 1.54) is 0 Å². The predicted octanol–water partition coefficient (Wildman–Crippen LogP) is 3.31. The van der Waals surface area contributed by atoms with E-state index in [1.807, 2.05) is 30.5 Å². The first-order valence-corrected chi connectivity index (χ1v) is 8.55. The molecule has 24 heavy (non-hydrogen) atoms. The summed E-state index contributed by atoms with van der Waals surface area (Å²) in [6.07, 6.45) is 1.83. The standard InChI is InChI=1S/C17H15BrN4OS/c18-14-3-1-2-12(8-14)10-22-11-15(20-21-22)9-19-17(23)13-4-6-16(24)7-5-13/h1-8,11,24H,9-10H2,(H,19,23). The highest BCUT2D eigenvalue weighted by Gasteiger charge is 2.07. The van der Waals surface area contributed by atoms with Gasteiger partial charge in [0.1, 0.15) is 5.69 Å². The molecule has 0 aliphatic heterocycles. The number of carbonyl (C=O) groups excluding carboxylic acids is 1. The Kier molecular flexibility index (Phi) is 5.32. The van der Waals surface area contributed by atoms with Gasteiger partial charge in [0, 0.05) is 14.9 Å². The maximum atomic E-state index is 12.1. The van der Waals surface area contributed by atoms with Crippen LogP contribution in [0.15, 0.2) is 64.1 Å². The molecule has 1 aromatic heterocycles. The lowest BCUT2D eigenvalue weighted by Crippen LogP contribution is -2.22. The van der Waals surface area contributed by atoms with Gasteiger partial charge in [0.25, 0.3) is 5.91 Å². The van der Waals surface area contributed by atoms with Crippen LogP contribution in [0.4, 0.5) is 0 Å². The Hall–Kier alpha value is -2.12. The van der Waals surface area contributed by atoms with Crippen LogP contribution in [0.1, 0.15) is 21.6 Å². The van der Waals surface area contributed by atoms with Crippen molar-refractivity contribution in [3.8, 4) is 0 Å². The Morgan fingerprint density at radius 3 is 2.75 bits per heavy atom. The van der Waals surface area contributed by atoms with Crippen LogP contribution in [0.25, 0.3) is 0 Å². The maximum absolute atomic E-state index is 12.1. The highest BCUT2D eigenvalue weighted by Crippen LogP contribution is 2.12. The number of nitrogens with zero attached hydrogens (tertiary/aromatic N) is 3. The van der Waals surface area contributed by atoms with Crippen molar-refractivity contribution in [1.29, 1.82) is 0 Å². The van der Waals surface area contributed by atoms with Crippen LogP contribution in [0, 0.1) is 0 Å². The Labute approximate surface area is 153 Å². The van der Waals surface area contributed by atoms with Gasteiger partial charge < -0.3 is 5.32 Å². The summed E-state index contributed by atoms with van der Waals surface area (Å²) < 4.78 is 2.78. The molecule has 1 amide bonds. The average molecular weight is 403 g/mol. The van der Waals surface area contributed by atoms with Gasteiger partial charge in [-0.05, 0) is 42.0 Å². The quantitative estimate of drug-likeness (QED) is 0.643. The van der Waals surface area contributed by atoms with E-state index in [4.69, 9.17) is 0 Å². The number of amides is 1. The lowest BCUT2D eigenvalue weighted by atomic mass is 10.2. The summed E-state index contributed by atoms with van der Waals surface area (Å²) in [4.78, 5) is 12.9. The third-order valence-corrected chi connectivity index (χ3v) is 4.17. The molecule has 5 nitrogen and oxygen atoms in total. The SMILES string of the molecule is O=C(NCc1cn(Cc2cccc(Br)c2)nn1)c1ccc(S)cc1. The zero-order chi connectivity index (χ0) is 16.9. The number of nitrogens with one attached hydrogen (secondary N) is 1. The lowest BCUT2D eigenvalue weighted by molar-refractivity contribution is 0.0950. The van der Waals surface area contributed by atoms with E-state index in [2.05, 4.69) is 44.2 Å². The van der Waals surface area contributed by atoms with Gasteiger partial charge in [-0.15, -0.1) is 17.7 Å². The summed E-state index contributed by atoms with van der Waals surface area (Å²) in [5.41, 5.74) is 2.43. The van der Waals surface area contributed by atoms with Gasteiger partial charge in [0.2, 0.25) is 0 Å². The molecule has 0 fully saturated rings. The predicted molar refractivity (Wildman–Crippen MR) is 98.1 cm³/mol. The van der Waals surface area contributed by atoms with E-state index in [0.717, 1.165) is 14.9 Å². The van der Waals surface area contributed by atoms with Crippen LogP contribution >= 0.6 is 28.6 Å². The van der Waals surface area contributed by atoms with E-state index in [0.29, 0.717) is 24.3 Å². The first-order valence-electron chi connectivity index (χ1n) is 7.31. The summed E-state index contributed by atoms with van der Waals surface area (Å²) in [6.45, 7) is 0.962. The zero-order valence-corrected chi connectivity index (χ0v) is 15.2. The minimum atomic E-state index is -0.148. The zero-order valence-electron chi connectivity index (χ0n) is 12.7. The van der Waals surface area contributed by atoms with Gasteiger partial charge in [-0.2, -0.15) is 0 Å². The number of aromatic nitrogens is 3. The molecule has 0 aliphatic carbocycles. The van der Waals surface area contributed by atoms with Crippen LogP contribution in [-0.2, 0) is 13.1 Å². The fourth-order valence-corrected chi connectivity index (χ4v) is 2.80. The normalized spacial score (nSPS) is 10.6. The summed E-state index contributed by atoms with van der Waals surface area (Å²) in [5, 5.41) is 11.0. The molecule has 0 bridgehead atoms. The van der Waals surface area contributed by atoms with E-state index < -0.39 is 0 Å². The van der Waals surface area contributed by atoms with E-state index in [-0.39, 0.29) is 5.91 Å². The number of benzene rings is 2. The molecule has 1 N–H and O–H groups in total. The van der Waals surface area contributed by atoms with Gasteiger partial charge in [-0.1, -0.05) is 33.3 Å². The molecular formula is C17H15BrN4OS. The highest BCUT2D eigenvalue weighted by atomic mass is 79.9. The van der Waals surface area contributed by atoms with Crippen molar-refractivity contribution in [2.24, 2.45) is 0 Å². The average Bonchev–Trinajstić information content (AvgIpc) is 3.01. The fraction of sp³-hybridized carbons (Fsp3) is 0.118. The molecule has 0 atom stereocenters. The second-order valence-electron chi connectivity index (χ2n) is 5.27. The first kappa shape index (κ1) is 16.7. The molecule has 0 unspecified atom stereocenters. The molecule has 3 rings (SSSR count). The number of thiol groups is 1. The van der Waals surface area contributed by atoms with Crippen LogP contribution in [0.2, 0.25) is 0 Å². The number of hydrogen-bond acceptors (Lipinski definition) is 4. The first-order chi connectivity index (χ1) is 11.6. The molecule has 2 aromatic carbocycles. The van der Waals surface area contributed by atoms with Crippen molar-refractivity contribution < 1.29 is 4.79 Å². The molecule has 122 valence electrons. The number of rotatable bonds is 5. The van der Waals surface area contributed by atoms with E-state index in [9.17, 15) is 4.79 Å². The summed E-state index contributed by atoms with van der Waals surface area (Å²) in [6, 6.07) is 15.1. The summed E-state index contributed by atoms with van der Waals surface area (Å²) in [7, 11) is 0. The second-order valence-corrected chi connectivity index (χ2v) is 6.70. The Balaban J connectivity index is 1.58. The molecule has 0 saturated carbocycles. The molecule has 1 heterocycles. The number of halogens is 1. The number of hydrogen-bond donors (Lipinski definition) is 2. The molecular weight excluding hydrogens is 388 g/mol. The third-order valence-electron chi connectivity index (χ3n) is 3.38. The highest BCUT2D eigenvalue weighted by molar-refractivity contribution is 9.10. The van der Waals surface area contributed by atoms with Gasteiger partial charge in [0.05, 0.1) is 19.3 Å². The Morgan fingerprint density at radius 2 is 2.00 bits per heavy atom. The van der Waals surface area contributed by atoms with Crippen LogP contribution in [0.3, 0.4) is 0 Å². The molecule has 0 spiro atoms. The molecule has 7 heteroatoms. The van der Waals surface area contributed by atoms with Crippen LogP contribution in [-0.4, -0.2) is 20.9 Å². The van der Waals surface area contributed by atoms with Crippen molar-refractivity contribution in [1.82, 2.24) is 20.3 Å². The fourth-order valence-electron chi connectivity index (χ4n) is 2.20. The number of carbonyl (C=O) groups is 1. The maximum Gasteiger partial charge on any atom is 0.251 e. The van der Waals surface area contributed by atoms with Crippen molar-refractivity contribution in [2.45, 2.75) is 18.0 Å². The van der Waals surface area contributed by atoms with Crippen LogP contribution < -0.4 is 5.32 Å². The largest absolute Gasteiger partial charge is 0.346 e. The summed E-state index contributed by atoms with van der Waals surface area (Å²) in [5.74, 6) is -0.148.